The quantitative estimate of drug-likeness (QED) is 0.0592. The van der Waals surface area contributed by atoms with E-state index in [1.54, 1.807) is 0 Å². The van der Waals surface area contributed by atoms with Gasteiger partial charge in [-0.05, 0) is 41.9 Å². The van der Waals surface area contributed by atoms with E-state index in [9.17, 15) is 44.0 Å². The molecule has 24 heteroatoms. The Labute approximate surface area is 330 Å². The minimum absolute atomic E-state index is 0. The first-order valence-electron chi connectivity index (χ1n) is 10.3. The zero-order valence-corrected chi connectivity index (χ0v) is 33.0. The van der Waals surface area contributed by atoms with E-state index in [1.807, 2.05) is 0 Å². The number of nitrogens with zero attached hydrogens (tertiary/aromatic N) is 4. The maximum atomic E-state index is 12.1. The van der Waals surface area contributed by atoms with Crippen LogP contribution in [0.15, 0.2) is 67.4 Å². The van der Waals surface area contributed by atoms with Crippen molar-refractivity contribution in [2.24, 2.45) is 10.2 Å². The van der Waals surface area contributed by atoms with Crippen molar-refractivity contribution in [3.63, 3.8) is 0 Å². The van der Waals surface area contributed by atoms with Crippen molar-refractivity contribution in [1.82, 2.24) is 9.97 Å². The number of fused-ring (bicyclic) bond motifs is 1. The molecule has 0 unspecified atom stereocenters. The molecule has 1 heterocycles. The molecule has 0 radical (unpaired) electrons. The van der Waals surface area contributed by atoms with Crippen molar-refractivity contribution in [1.29, 1.82) is 0 Å². The van der Waals surface area contributed by atoms with Crippen molar-refractivity contribution in [2.45, 2.75) is 14.7 Å². The number of aromatic hydroxyl groups is 1. The van der Waals surface area contributed by atoms with Gasteiger partial charge in [0.05, 0.1) is 25.8 Å². The van der Waals surface area contributed by atoms with Crippen LogP contribution in [0.5, 0.6) is 5.75 Å². The van der Waals surface area contributed by atoms with Gasteiger partial charge < -0.3 is 24.1 Å². The van der Waals surface area contributed by atoms with Gasteiger partial charge in [-0.15, -0.1) is 10.2 Å². The molecule has 0 aliphatic rings. The molecule has 0 bridgehead atoms. The van der Waals surface area contributed by atoms with Crippen LogP contribution in [-0.4, -0.2) is 54.0 Å². The van der Waals surface area contributed by atoms with Gasteiger partial charge in [-0.25, -0.2) is 30.2 Å². The number of anilines is 2. The molecular weight excluding hydrogens is 742 g/mol. The monoisotopic (exact) mass is 749 g/mol. The van der Waals surface area contributed by atoms with E-state index in [4.69, 9.17) is 34.8 Å². The van der Waals surface area contributed by atoms with Gasteiger partial charge in [0, 0.05) is 5.39 Å². The normalized spacial score (nSPS) is 11.9. The van der Waals surface area contributed by atoms with Crippen LogP contribution in [-0.2, 0) is 30.4 Å². The molecule has 4 rings (SSSR count). The zero-order chi connectivity index (χ0) is 30.5. The van der Waals surface area contributed by atoms with Crippen LogP contribution in [0.4, 0.5) is 22.9 Å². The number of aromatic nitrogens is 2. The molecule has 3 aromatic carbocycles. The minimum Gasteiger partial charge on any atom is -0.744 e. The first-order chi connectivity index (χ1) is 18.9. The molecule has 0 aliphatic heterocycles. The Morgan fingerprint density at radius 2 is 1.32 bits per heavy atom. The van der Waals surface area contributed by atoms with Crippen LogP contribution in [0, 0.1) is 0 Å². The second-order valence-electron chi connectivity index (χ2n) is 7.71. The Bertz CT molecular complexity index is 2130. The first kappa shape index (κ1) is 41.8. The van der Waals surface area contributed by atoms with Gasteiger partial charge in [0.1, 0.15) is 46.8 Å². The van der Waals surface area contributed by atoms with Gasteiger partial charge in [-0.1, -0.05) is 35.3 Å². The molecule has 0 amide bonds. The summed E-state index contributed by atoms with van der Waals surface area (Å²) in [5.41, 5.74) is -1.98. The fourth-order valence-electron chi connectivity index (χ4n) is 3.50. The number of hydrogen-bond donors (Lipinski definition) is 2. The van der Waals surface area contributed by atoms with Crippen LogP contribution >= 0.6 is 34.8 Å². The Kier molecular flexibility index (Phi) is 15.0. The maximum absolute atomic E-state index is 12.1. The number of hydrogen-bond acceptors (Lipinski definition) is 15. The predicted octanol–water partition coefficient (Wildman–Crippen LogP) is -4.82. The molecule has 15 nitrogen and oxygen atoms in total. The summed E-state index contributed by atoms with van der Waals surface area (Å²) in [6.07, 6.45) is 0. The molecule has 0 aliphatic carbocycles. The molecule has 0 saturated carbocycles. The smallest absolute Gasteiger partial charge is 0.744 e. The van der Waals surface area contributed by atoms with E-state index in [0.717, 1.165) is 24.3 Å². The summed E-state index contributed by atoms with van der Waals surface area (Å²) in [6, 6.07) is 6.46. The summed E-state index contributed by atoms with van der Waals surface area (Å²) in [4.78, 5) is 4.17. The molecule has 0 fully saturated rings. The predicted molar refractivity (Wildman–Crippen MR) is 140 cm³/mol. The summed E-state index contributed by atoms with van der Waals surface area (Å²) in [7, 11) is -16.0. The van der Waals surface area contributed by atoms with Crippen LogP contribution in [0.25, 0.3) is 10.8 Å². The number of phenolic OH excluding ortho intramolecular Hbond substituents is 1. The molecular formula is C20H9Cl3N5Na3O10S3. The summed E-state index contributed by atoms with van der Waals surface area (Å²) in [5.74, 6) is -1.49. The van der Waals surface area contributed by atoms with Gasteiger partial charge in [0.25, 0.3) is 0 Å². The third-order valence-electron chi connectivity index (χ3n) is 5.14. The minimum atomic E-state index is -5.58. The first-order valence-corrected chi connectivity index (χ1v) is 15.6. The Morgan fingerprint density at radius 3 is 1.89 bits per heavy atom. The molecule has 0 spiro atoms. The Hall–Kier alpha value is -0.200. The van der Waals surface area contributed by atoms with Gasteiger partial charge in [0.2, 0.25) is 5.28 Å². The third-order valence-corrected chi connectivity index (χ3v) is 8.67. The van der Waals surface area contributed by atoms with Crippen molar-refractivity contribution in [3.8, 4) is 5.75 Å². The molecule has 2 N–H and O–H groups in total. The zero-order valence-electron chi connectivity index (χ0n) is 22.3. The molecule has 216 valence electrons. The number of rotatable bonds is 7. The summed E-state index contributed by atoms with van der Waals surface area (Å²) < 4.78 is 107. The molecule has 44 heavy (non-hydrogen) atoms. The van der Waals surface area contributed by atoms with E-state index in [2.05, 4.69) is 25.5 Å². The number of phenols is 1. The second kappa shape index (κ2) is 15.8. The summed E-state index contributed by atoms with van der Waals surface area (Å²) >= 11 is 17.8. The Balaban J connectivity index is 0.00000323. The fourth-order valence-corrected chi connectivity index (χ4v) is 5.93. The second-order valence-corrected chi connectivity index (χ2v) is 12.8. The van der Waals surface area contributed by atoms with Crippen LogP contribution in [0.3, 0.4) is 0 Å². The topological polar surface area (TPSA) is 254 Å². The molecule has 1 aromatic heterocycles. The fraction of sp³-hybridized carbons (Fsp3) is 0. The maximum Gasteiger partial charge on any atom is 1.00 e. The van der Waals surface area contributed by atoms with Gasteiger partial charge in [0.15, 0.2) is 16.7 Å². The van der Waals surface area contributed by atoms with E-state index >= 15 is 0 Å². The van der Waals surface area contributed by atoms with Crippen molar-refractivity contribution in [2.75, 3.05) is 5.32 Å². The van der Waals surface area contributed by atoms with E-state index in [0.29, 0.717) is 6.07 Å². The largest absolute Gasteiger partial charge is 1.00 e. The Morgan fingerprint density at radius 1 is 0.750 bits per heavy atom. The van der Waals surface area contributed by atoms with Crippen molar-refractivity contribution in [3.05, 3.63) is 57.9 Å². The van der Waals surface area contributed by atoms with Gasteiger partial charge in [-0.3, -0.25) is 0 Å². The van der Waals surface area contributed by atoms with Crippen LogP contribution in [0.2, 0.25) is 15.5 Å². The standard InChI is InChI=1S/C20H12Cl3N5O10S3.3Na/c21-15-18(22)25-20(23)26-19(15)24-10-5-6-11(39(30,31)32)8-7-13(41(36,37)38)16(17(29)14(8)10)28-27-9-3-1-2-4-12(9)40(33,34)35;;;/h1-7,29H,(H,24,25,26)(H,30,31,32)(H,33,34,35)(H,36,37,38);;;/q;3*+1/p-3. The van der Waals surface area contributed by atoms with E-state index in [1.165, 1.54) is 12.1 Å². The molecule has 0 atom stereocenters. The average molecular weight is 751 g/mol. The number of azo groups is 1. The van der Waals surface area contributed by atoms with Crippen LogP contribution < -0.4 is 94.0 Å². The third kappa shape index (κ3) is 9.24. The van der Waals surface area contributed by atoms with Gasteiger partial charge >= 0.3 is 88.7 Å². The summed E-state index contributed by atoms with van der Waals surface area (Å²) in [5, 5.41) is 18.4. The van der Waals surface area contributed by atoms with Crippen molar-refractivity contribution < 1.29 is 133 Å². The van der Waals surface area contributed by atoms with Crippen molar-refractivity contribution >= 4 is 98.8 Å². The summed E-state index contributed by atoms with van der Waals surface area (Å²) in [6.45, 7) is 0. The molecule has 4 aromatic rings. The van der Waals surface area contributed by atoms with E-state index < -0.39 is 78.2 Å². The molecule has 0 saturated heterocycles. The number of halogens is 3. The van der Waals surface area contributed by atoms with Crippen LogP contribution in [0.1, 0.15) is 0 Å². The number of nitrogens with one attached hydrogen (secondary N) is 1. The van der Waals surface area contributed by atoms with Gasteiger partial charge in [-0.2, -0.15) is 4.98 Å². The number of benzene rings is 3. The SMILES string of the molecule is O=S(=O)([O-])c1ccccc1N=Nc1c(S(=O)(=O)[O-])cc2c(S(=O)(=O)[O-])ccc(Nc3nc(Cl)nc(Cl)c3Cl)c2c1O.[Na+].[Na+].[Na+]. The van der Waals surface area contributed by atoms with E-state index in [-0.39, 0.29) is 110 Å². The average Bonchev–Trinajstić information content (AvgIpc) is 2.84.